The van der Waals surface area contributed by atoms with Crippen molar-refractivity contribution in [2.75, 3.05) is 6.61 Å². The molecule has 0 aliphatic rings. The van der Waals surface area contributed by atoms with Crippen LogP contribution in [-0.4, -0.2) is 34.9 Å². The minimum absolute atomic E-state index is 0.160. The Morgan fingerprint density at radius 3 is 2.26 bits per heavy atom. The number of carbonyl (C=O) groups is 2. The minimum Gasteiger partial charge on any atom is -0.484 e. The molecule has 0 saturated heterocycles. The van der Waals surface area contributed by atoms with E-state index in [0.29, 0.717) is 17.2 Å². The predicted molar refractivity (Wildman–Crippen MR) is 125 cm³/mol. The van der Waals surface area contributed by atoms with Crippen LogP contribution in [0, 0.1) is 13.8 Å². The molecule has 0 fully saturated rings. The van der Waals surface area contributed by atoms with E-state index in [1.807, 2.05) is 77.9 Å². The molecule has 0 bridgehead atoms. The van der Waals surface area contributed by atoms with E-state index in [1.54, 1.807) is 11.0 Å². The molecule has 0 aromatic heterocycles. The van der Waals surface area contributed by atoms with Gasteiger partial charge in [-0.2, -0.15) is 0 Å². The van der Waals surface area contributed by atoms with Gasteiger partial charge in [0.25, 0.3) is 5.91 Å². The molecule has 31 heavy (non-hydrogen) atoms. The molecule has 6 heteroatoms. The summed E-state index contributed by atoms with van der Waals surface area (Å²) in [5.41, 5.74) is 2.50. The van der Waals surface area contributed by atoms with E-state index >= 15 is 0 Å². The standard InChI is InChI=1S/C25H33ClN2O3/c1-7-22(24(30)27-25(4,5)6)28(15-19-10-8-9-11-21(19)26)23(29)16-31-20-13-17(2)12-18(3)14-20/h8-14,22H,7,15-16H2,1-6H3,(H,27,30)/t22-/m1/s1. The maximum atomic E-state index is 13.3. The van der Waals surface area contributed by atoms with Gasteiger partial charge in [-0.1, -0.05) is 42.8 Å². The lowest BCUT2D eigenvalue weighted by Crippen LogP contribution is -2.54. The summed E-state index contributed by atoms with van der Waals surface area (Å²) < 4.78 is 5.80. The lowest BCUT2D eigenvalue weighted by atomic mass is 10.1. The quantitative estimate of drug-likeness (QED) is 0.619. The van der Waals surface area contributed by atoms with Gasteiger partial charge in [0.15, 0.2) is 6.61 Å². The Balaban J connectivity index is 2.27. The van der Waals surface area contributed by atoms with Crippen LogP contribution in [0.3, 0.4) is 0 Å². The highest BCUT2D eigenvalue weighted by Gasteiger charge is 2.31. The van der Waals surface area contributed by atoms with Crippen molar-refractivity contribution in [3.05, 3.63) is 64.2 Å². The van der Waals surface area contributed by atoms with Gasteiger partial charge in [-0.25, -0.2) is 0 Å². The zero-order valence-corrected chi connectivity index (χ0v) is 20.0. The number of hydrogen-bond donors (Lipinski definition) is 1. The number of benzene rings is 2. The summed E-state index contributed by atoms with van der Waals surface area (Å²) in [4.78, 5) is 27.8. The van der Waals surface area contributed by atoms with Crippen LogP contribution in [0.15, 0.2) is 42.5 Å². The van der Waals surface area contributed by atoms with Crippen LogP contribution in [0.5, 0.6) is 5.75 Å². The van der Waals surface area contributed by atoms with Gasteiger partial charge in [0, 0.05) is 17.1 Å². The number of hydrogen-bond acceptors (Lipinski definition) is 3. The van der Waals surface area contributed by atoms with Crippen LogP contribution in [-0.2, 0) is 16.1 Å². The van der Waals surface area contributed by atoms with Gasteiger partial charge in [-0.05, 0) is 75.9 Å². The molecule has 2 aromatic rings. The van der Waals surface area contributed by atoms with Crippen molar-refractivity contribution >= 4 is 23.4 Å². The van der Waals surface area contributed by atoms with Crippen molar-refractivity contribution in [1.82, 2.24) is 10.2 Å². The largest absolute Gasteiger partial charge is 0.484 e. The van der Waals surface area contributed by atoms with Gasteiger partial charge in [-0.3, -0.25) is 9.59 Å². The van der Waals surface area contributed by atoms with E-state index in [1.165, 1.54) is 0 Å². The number of aryl methyl sites for hydroxylation is 2. The normalized spacial score (nSPS) is 12.2. The zero-order valence-electron chi connectivity index (χ0n) is 19.3. The Labute approximate surface area is 190 Å². The number of nitrogens with one attached hydrogen (secondary N) is 1. The third kappa shape index (κ3) is 7.59. The van der Waals surface area contributed by atoms with Gasteiger partial charge >= 0.3 is 0 Å². The van der Waals surface area contributed by atoms with Crippen LogP contribution < -0.4 is 10.1 Å². The molecule has 5 nitrogen and oxygen atoms in total. The monoisotopic (exact) mass is 444 g/mol. The summed E-state index contributed by atoms with van der Waals surface area (Å²) in [5.74, 6) is 0.174. The molecule has 168 valence electrons. The second-order valence-corrected chi connectivity index (χ2v) is 9.30. The number of nitrogens with zero attached hydrogens (tertiary/aromatic N) is 1. The first-order valence-corrected chi connectivity index (χ1v) is 10.9. The number of carbonyl (C=O) groups excluding carboxylic acids is 2. The molecule has 0 unspecified atom stereocenters. The number of rotatable bonds is 8. The molecule has 0 spiro atoms. The van der Waals surface area contributed by atoms with Gasteiger partial charge in [0.2, 0.25) is 5.91 Å². The van der Waals surface area contributed by atoms with Gasteiger partial charge in [0.05, 0.1) is 0 Å². The Morgan fingerprint density at radius 2 is 1.71 bits per heavy atom. The number of amides is 2. The molecule has 0 radical (unpaired) electrons. The molecular weight excluding hydrogens is 412 g/mol. The maximum Gasteiger partial charge on any atom is 0.261 e. The Morgan fingerprint density at radius 1 is 1.10 bits per heavy atom. The lowest BCUT2D eigenvalue weighted by molar-refractivity contribution is -0.143. The van der Waals surface area contributed by atoms with Gasteiger partial charge < -0.3 is 15.0 Å². The molecule has 0 saturated carbocycles. The van der Waals surface area contributed by atoms with Crippen LogP contribution in [0.4, 0.5) is 0 Å². The smallest absolute Gasteiger partial charge is 0.261 e. The molecule has 2 amide bonds. The Bertz CT molecular complexity index is 901. The molecule has 0 aliphatic heterocycles. The molecule has 1 N–H and O–H groups in total. The van der Waals surface area contributed by atoms with E-state index in [2.05, 4.69) is 5.32 Å². The summed E-state index contributed by atoms with van der Waals surface area (Å²) in [5, 5.41) is 3.55. The summed E-state index contributed by atoms with van der Waals surface area (Å²) in [6, 6.07) is 12.5. The van der Waals surface area contributed by atoms with Crippen molar-refractivity contribution in [2.45, 2.75) is 66.1 Å². The molecule has 0 heterocycles. The van der Waals surface area contributed by atoms with Crippen molar-refractivity contribution in [1.29, 1.82) is 0 Å². The van der Waals surface area contributed by atoms with E-state index in [0.717, 1.165) is 16.7 Å². The van der Waals surface area contributed by atoms with E-state index in [-0.39, 0.29) is 25.0 Å². The third-order valence-electron chi connectivity index (χ3n) is 4.74. The van der Waals surface area contributed by atoms with Crippen LogP contribution >= 0.6 is 11.6 Å². The topological polar surface area (TPSA) is 58.6 Å². The van der Waals surface area contributed by atoms with Crippen LogP contribution in [0.25, 0.3) is 0 Å². The zero-order chi connectivity index (χ0) is 23.2. The van der Waals surface area contributed by atoms with Gasteiger partial charge in [-0.15, -0.1) is 0 Å². The second kappa shape index (κ2) is 10.7. The SMILES string of the molecule is CC[C@H](C(=O)NC(C)(C)C)N(Cc1ccccc1Cl)C(=O)COc1cc(C)cc(C)c1. The summed E-state index contributed by atoms with van der Waals surface area (Å²) >= 11 is 6.34. The first-order chi connectivity index (χ1) is 14.5. The Hall–Kier alpha value is -2.53. The van der Waals surface area contributed by atoms with Crippen molar-refractivity contribution in [2.24, 2.45) is 0 Å². The highest BCUT2D eigenvalue weighted by molar-refractivity contribution is 6.31. The molecule has 2 aromatic carbocycles. The average Bonchev–Trinajstić information content (AvgIpc) is 2.65. The Kier molecular flexibility index (Phi) is 8.52. The first kappa shape index (κ1) is 24.7. The van der Waals surface area contributed by atoms with Crippen molar-refractivity contribution in [3.63, 3.8) is 0 Å². The molecule has 1 atom stereocenters. The maximum absolute atomic E-state index is 13.3. The summed E-state index contributed by atoms with van der Waals surface area (Å²) in [7, 11) is 0. The third-order valence-corrected chi connectivity index (χ3v) is 5.11. The molecule has 2 rings (SSSR count). The first-order valence-electron chi connectivity index (χ1n) is 10.6. The van der Waals surface area contributed by atoms with Crippen molar-refractivity contribution < 1.29 is 14.3 Å². The average molecular weight is 445 g/mol. The second-order valence-electron chi connectivity index (χ2n) is 8.89. The number of ether oxygens (including phenoxy) is 1. The van der Waals surface area contributed by atoms with E-state index < -0.39 is 11.6 Å². The van der Waals surface area contributed by atoms with E-state index in [4.69, 9.17) is 16.3 Å². The lowest BCUT2D eigenvalue weighted by Gasteiger charge is -2.33. The number of halogens is 1. The fourth-order valence-corrected chi connectivity index (χ4v) is 3.62. The van der Waals surface area contributed by atoms with Gasteiger partial charge in [0.1, 0.15) is 11.8 Å². The molecular formula is C25H33ClN2O3. The minimum atomic E-state index is -0.633. The van der Waals surface area contributed by atoms with Crippen LogP contribution in [0.2, 0.25) is 5.02 Å². The van der Waals surface area contributed by atoms with E-state index in [9.17, 15) is 9.59 Å². The highest BCUT2D eigenvalue weighted by Crippen LogP contribution is 2.21. The van der Waals surface area contributed by atoms with Crippen LogP contribution in [0.1, 0.15) is 50.8 Å². The molecule has 0 aliphatic carbocycles. The predicted octanol–water partition coefficient (Wildman–Crippen LogP) is 5.06. The fourth-order valence-electron chi connectivity index (χ4n) is 3.43. The fraction of sp³-hybridized carbons (Fsp3) is 0.440. The van der Waals surface area contributed by atoms with Crippen molar-refractivity contribution in [3.8, 4) is 5.75 Å². The summed E-state index contributed by atoms with van der Waals surface area (Å²) in [6.45, 7) is 11.7. The summed E-state index contributed by atoms with van der Waals surface area (Å²) in [6.07, 6.45) is 0.474. The highest BCUT2D eigenvalue weighted by atomic mass is 35.5.